The summed E-state index contributed by atoms with van der Waals surface area (Å²) in [5.41, 5.74) is 7.97. The van der Waals surface area contributed by atoms with Crippen molar-refractivity contribution in [1.82, 2.24) is 19.7 Å². The molecule has 0 bridgehead atoms. The Morgan fingerprint density at radius 2 is 2.15 bits per heavy atom. The van der Waals surface area contributed by atoms with Crippen LogP contribution in [0.4, 0.5) is 5.82 Å². The highest BCUT2D eigenvalue weighted by Gasteiger charge is 2.09. The molecule has 3 aromatic rings. The van der Waals surface area contributed by atoms with Gasteiger partial charge in [0.15, 0.2) is 5.65 Å². The molecule has 102 valence electrons. The second-order valence-corrected chi connectivity index (χ2v) is 5.68. The van der Waals surface area contributed by atoms with Gasteiger partial charge in [-0.25, -0.2) is 9.97 Å². The number of hydrogen-bond donors (Lipinski definition) is 1. The lowest BCUT2D eigenvalue weighted by Crippen LogP contribution is -2.01. The summed E-state index contributed by atoms with van der Waals surface area (Å²) in [5, 5.41) is 4.96. The van der Waals surface area contributed by atoms with Crippen molar-refractivity contribution < 1.29 is 0 Å². The lowest BCUT2D eigenvalue weighted by atomic mass is 10.2. The average molecular weight is 285 g/mol. The van der Waals surface area contributed by atoms with Crippen molar-refractivity contribution in [1.29, 1.82) is 0 Å². The van der Waals surface area contributed by atoms with E-state index in [1.54, 1.807) is 22.6 Å². The SMILES string of the molecule is Cc1cccc(SCc2nc(N)c3cnn(C)c3n2)c1. The standard InChI is InChI=1S/C14H15N5S/c1-9-4-3-5-10(6-9)20-8-12-17-13(15)11-7-16-19(2)14(11)18-12/h3-7H,8H2,1-2H3,(H2,15,17,18). The number of aromatic nitrogens is 4. The summed E-state index contributed by atoms with van der Waals surface area (Å²) in [7, 11) is 1.85. The molecule has 0 atom stereocenters. The Bertz CT molecular complexity index is 765. The molecule has 0 aliphatic carbocycles. The van der Waals surface area contributed by atoms with Gasteiger partial charge in [-0.05, 0) is 19.1 Å². The van der Waals surface area contributed by atoms with Crippen molar-refractivity contribution in [2.24, 2.45) is 7.05 Å². The third-order valence-corrected chi connectivity index (χ3v) is 4.02. The van der Waals surface area contributed by atoms with Gasteiger partial charge in [0.1, 0.15) is 11.6 Å². The van der Waals surface area contributed by atoms with E-state index in [4.69, 9.17) is 5.73 Å². The molecule has 0 radical (unpaired) electrons. The first-order chi connectivity index (χ1) is 9.63. The predicted molar refractivity (Wildman–Crippen MR) is 81.5 cm³/mol. The summed E-state index contributed by atoms with van der Waals surface area (Å²) in [6, 6.07) is 8.37. The largest absolute Gasteiger partial charge is 0.383 e. The van der Waals surface area contributed by atoms with E-state index in [-0.39, 0.29) is 0 Å². The average Bonchev–Trinajstić information content (AvgIpc) is 2.79. The Kier molecular flexibility index (Phi) is 3.31. The van der Waals surface area contributed by atoms with Crippen LogP contribution in [0.15, 0.2) is 35.4 Å². The van der Waals surface area contributed by atoms with E-state index in [0.29, 0.717) is 11.6 Å². The van der Waals surface area contributed by atoms with Gasteiger partial charge in [0.05, 0.1) is 17.3 Å². The first-order valence-corrected chi connectivity index (χ1v) is 7.25. The molecule has 0 unspecified atom stereocenters. The zero-order valence-corrected chi connectivity index (χ0v) is 12.2. The molecule has 0 saturated carbocycles. The van der Waals surface area contributed by atoms with Crippen LogP contribution in [0.1, 0.15) is 11.4 Å². The van der Waals surface area contributed by atoms with Crippen molar-refractivity contribution >= 4 is 28.6 Å². The predicted octanol–water partition coefficient (Wildman–Crippen LogP) is 2.55. The van der Waals surface area contributed by atoms with Crippen LogP contribution in [0.5, 0.6) is 0 Å². The van der Waals surface area contributed by atoms with Gasteiger partial charge in [-0.3, -0.25) is 4.68 Å². The quantitative estimate of drug-likeness (QED) is 0.749. The van der Waals surface area contributed by atoms with Crippen LogP contribution < -0.4 is 5.73 Å². The molecular formula is C14H15N5S. The Morgan fingerprint density at radius 1 is 1.30 bits per heavy atom. The second kappa shape index (κ2) is 5.13. The van der Waals surface area contributed by atoms with Crippen LogP contribution in [0.2, 0.25) is 0 Å². The van der Waals surface area contributed by atoms with E-state index in [1.807, 2.05) is 7.05 Å². The molecule has 3 rings (SSSR count). The van der Waals surface area contributed by atoms with Crippen LogP contribution in [0.3, 0.4) is 0 Å². The van der Waals surface area contributed by atoms with Crippen LogP contribution in [-0.2, 0) is 12.8 Å². The fourth-order valence-electron chi connectivity index (χ4n) is 2.01. The minimum absolute atomic E-state index is 0.489. The summed E-state index contributed by atoms with van der Waals surface area (Å²) in [5.74, 6) is 1.91. The fourth-order valence-corrected chi connectivity index (χ4v) is 2.88. The molecule has 5 nitrogen and oxygen atoms in total. The summed E-state index contributed by atoms with van der Waals surface area (Å²) in [4.78, 5) is 10.1. The second-order valence-electron chi connectivity index (χ2n) is 4.64. The Labute approximate surface area is 121 Å². The van der Waals surface area contributed by atoms with E-state index in [1.165, 1.54) is 10.5 Å². The Morgan fingerprint density at radius 3 is 2.95 bits per heavy atom. The van der Waals surface area contributed by atoms with Gasteiger partial charge in [-0.1, -0.05) is 17.7 Å². The van der Waals surface area contributed by atoms with Crippen molar-refractivity contribution in [2.75, 3.05) is 5.73 Å². The number of thioether (sulfide) groups is 1. The van der Waals surface area contributed by atoms with Gasteiger partial charge in [-0.2, -0.15) is 5.10 Å². The van der Waals surface area contributed by atoms with Gasteiger partial charge >= 0.3 is 0 Å². The molecule has 1 aromatic carbocycles. The van der Waals surface area contributed by atoms with Crippen LogP contribution in [0.25, 0.3) is 11.0 Å². The highest BCUT2D eigenvalue weighted by Crippen LogP contribution is 2.24. The molecule has 2 heterocycles. The third kappa shape index (κ3) is 2.46. The molecule has 0 fully saturated rings. The van der Waals surface area contributed by atoms with Gasteiger partial charge in [-0.15, -0.1) is 11.8 Å². The van der Waals surface area contributed by atoms with Gasteiger partial charge in [0.25, 0.3) is 0 Å². The Hall–Kier alpha value is -2.08. The highest BCUT2D eigenvalue weighted by atomic mass is 32.2. The van der Waals surface area contributed by atoms with E-state index < -0.39 is 0 Å². The van der Waals surface area contributed by atoms with E-state index in [9.17, 15) is 0 Å². The zero-order valence-electron chi connectivity index (χ0n) is 11.4. The first kappa shape index (κ1) is 12.9. The number of nitrogens with two attached hydrogens (primary N) is 1. The molecule has 2 aromatic heterocycles. The van der Waals surface area contributed by atoms with Crippen molar-refractivity contribution in [3.8, 4) is 0 Å². The van der Waals surface area contributed by atoms with Gasteiger partial charge < -0.3 is 5.73 Å². The van der Waals surface area contributed by atoms with Crippen molar-refractivity contribution in [2.45, 2.75) is 17.6 Å². The molecule has 20 heavy (non-hydrogen) atoms. The minimum atomic E-state index is 0.489. The molecule has 0 spiro atoms. The molecule has 0 amide bonds. The number of benzene rings is 1. The Balaban J connectivity index is 1.86. The molecule has 0 saturated heterocycles. The lowest BCUT2D eigenvalue weighted by Gasteiger charge is -2.04. The lowest BCUT2D eigenvalue weighted by molar-refractivity contribution is 0.782. The van der Waals surface area contributed by atoms with Gasteiger partial charge in [0, 0.05) is 11.9 Å². The van der Waals surface area contributed by atoms with Crippen LogP contribution in [-0.4, -0.2) is 19.7 Å². The number of rotatable bonds is 3. The maximum Gasteiger partial charge on any atom is 0.163 e. The molecule has 6 heteroatoms. The van der Waals surface area contributed by atoms with E-state index >= 15 is 0 Å². The van der Waals surface area contributed by atoms with Crippen molar-refractivity contribution in [3.63, 3.8) is 0 Å². The van der Waals surface area contributed by atoms with Crippen LogP contribution in [0, 0.1) is 6.92 Å². The smallest absolute Gasteiger partial charge is 0.163 e. The minimum Gasteiger partial charge on any atom is -0.383 e. The normalized spacial score (nSPS) is 11.1. The van der Waals surface area contributed by atoms with Crippen LogP contribution >= 0.6 is 11.8 Å². The molecule has 0 aliphatic heterocycles. The van der Waals surface area contributed by atoms with E-state index in [0.717, 1.165) is 16.9 Å². The molecule has 0 aliphatic rings. The molecule has 2 N–H and O–H groups in total. The topological polar surface area (TPSA) is 69.6 Å². The van der Waals surface area contributed by atoms with Crippen molar-refractivity contribution in [3.05, 3.63) is 41.9 Å². The summed E-state index contributed by atoms with van der Waals surface area (Å²) in [6.45, 7) is 2.08. The summed E-state index contributed by atoms with van der Waals surface area (Å²) >= 11 is 1.70. The highest BCUT2D eigenvalue weighted by molar-refractivity contribution is 7.98. The first-order valence-electron chi connectivity index (χ1n) is 6.27. The number of anilines is 1. The number of nitrogens with zero attached hydrogens (tertiary/aromatic N) is 4. The summed E-state index contributed by atoms with van der Waals surface area (Å²) in [6.07, 6.45) is 1.70. The molecular weight excluding hydrogens is 270 g/mol. The zero-order chi connectivity index (χ0) is 14.1. The van der Waals surface area contributed by atoms with Gasteiger partial charge in [0.2, 0.25) is 0 Å². The fraction of sp³-hybridized carbons (Fsp3) is 0.214. The summed E-state index contributed by atoms with van der Waals surface area (Å²) < 4.78 is 1.72. The monoisotopic (exact) mass is 285 g/mol. The maximum atomic E-state index is 5.95. The number of nitrogen functional groups attached to an aromatic ring is 1. The number of aryl methyl sites for hydroxylation is 2. The number of fused-ring (bicyclic) bond motifs is 1. The number of hydrogen-bond acceptors (Lipinski definition) is 5. The third-order valence-electron chi connectivity index (χ3n) is 3.03. The maximum absolute atomic E-state index is 5.95. The van der Waals surface area contributed by atoms with E-state index in [2.05, 4.69) is 46.3 Å².